The minimum absolute atomic E-state index is 0.0765. The number of H-pyrrole nitrogens is 1. The predicted molar refractivity (Wildman–Crippen MR) is 63.3 cm³/mol. The van der Waals surface area contributed by atoms with Crippen LogP contribution in [0.3, 0.4) is 0 Å². The Balaban J connectivity index is 2.23. The molecule has 0 aliphatic rings. The van der Waals surface area contributed by atoms with Crippen molar-refractivity contribution >= 4 is 16.9 Å². The maximum atomic E-state index is 11.8. The second-order valence-corrected chi connectivity index (χ2v) is 3.90. The zero-order valence-electron chi connectivity index (χ0n) is 9.45. The number of aromatic amines is 1. The van der Waals surface area contributed by atoms with Gasteiger partial charge in [0, 0.05) is 12.2 Å². The number of aromatic nitrogens is 2. The molecule has 2 N–H and O–H groups in total. The van der Waals surface area contributed by atoms with E-state index >= 15 is 0 Å². The summed E-state index contributed by atoms with van der Waals surface area (Å²) in [7, 11) is 0. The number of hydrogen-bond acceptors (Lipinski definition) is 2. The van der Waals surface area contributed by atoms with Crippen molar-refractivity contribution in [2.75, 3.05) is 0 Å². The van der Waals surface area contributed by atoms with E-state index in [9.17, 15) is 4.79 Å². The topological polar surface area (TPSA) is 57.8 Å². The van der Waals surface area contributed by atoms with Gasteiger partial charge in [-0.3, -0.25) is 9.78 Å². The molecule has 0 bridgehead atoms. The van der Waals surface area contributed by atoms with E-state index in [2.05, 4.69) is 15.3 Å². The van der Waals surface area contributed by atoms with Crippen molar-refractivity contribution in [3.8, 4) is 0 Å². The third-order valence-electron chi connectivity index (χ3n) is 2.62. The average Bonchev–Trinajstić information content (AvgIpc) is 2.72. The molecule has 0 aliphatic carbocycles. The molecule has 1 atom stereocenters. The number of fused-ring (bicyclic) bond motifs is 1. The minimum atomic E-state index is -0.0765. The van der Waals surface area contributed by atoms with Crippen LogP contribution in [-0.4, -0.2) is 21.9 Å². The van der Waals surface area contributed by atoms with Gasteiger partial charge in [0.1, 0.15) is 5.69 Å². The lowest BCUT2D eigenvalue weighted by molar-refractivity contribution is 0.0935. The highest BCUT2D eigenvalue weighted by Gasteiger charge is 2.11. The molecular weight excluding hydrogens is 202 g/mol. The Kier molecular flexibility index (Phi) is 2.90. The van der Waals surface area contributed by atoms with E-state index < -0.39 is 0 Å². The molecule has 0 radical (unpaired) electrons. The first-order valence-corrected chi connectivity index (χ1v) is 5.45. The highest BCUT2D eigenvalue weighted by atomic mass is 16.1. The van der Waals surface area contributed by atoms with E-state index in [1.165, 1.54) is 0 Å². The summed E-state index contributed by atoms with van der Waals surface area (Å²) < 4.78 is 0. The highest BCUT2D eigenvalue weighted by Crippen LogP contribution is 2.11. The summed E-state index contributed by atoms with van der Waals surface area (Å²) in [5.41, 5.74) is 2.27. The van der Waals surface area contributed by atoms with Crippen LogP contribution >= 0.6 is 0 Å². The van der Waals surface area contributed by atoms with E-state index in [0.717, 1.165) is 17.5 Å². The van der Waals surface area contributed by atoms with Crippen molar-refractivity contribution in [3.63, 3.8) is 0 Å². The summed E-state index contributed by atoms with van der Waals surface area (Å²) in [6.45, 7) is 4.02. The third-order valence-corrected chi connectivity index (χ3v) is 2.62. The molecule has 2 rings (SSSR count). The molecule has 1 unspecified atom stereocenters. The summed E-state index contributed by atoms with van der Waals surface area (Å²) in [6.07, 6.45) is 2.64. The molecule has 4 heteroatoms. The van der Waals surface area contributed by atoms with Gasteiger partial charge in [-0.1, -0.05) is 6.92 Å². The third kappa shape index (κ3) is 2.05. The fourth-order valence-electron chi connectivity index (χ4n) is 1.48. The zero-order valence-corrected chi connectivity index (χ0v) is 9.45. The highest BCUT2D eigenvalue weighted by molar-refractivity contribution is 5.97. The normalized spacial score (nSPS) is 12.6. The first kappa shape index (κ1) is 10.7. The van der Waals surface area contributed by atoms with Crippen molar-refractivity contribution < 1.29 is 4.79 Å². The Labute approximate surface area is 94.1 Å². The molecule has 0 saturated carbocycles. The molecular formula is C12H15N3O. The molecule has 84 valence electrons. The first-order valence-electron chi connectivity index (χ1n) is 5.45. The summed E-state index contributed by atoms with van der Waals surface area (Å²) >= 11 is 0. The minimum Gasteiger partial charge on any atom is -0.349 e. The molecule has 16 heavy (non-hydrogen) atoms. The van der Waals surface area contributed by atoms with Crippen molar-refractivity contribution in [1.82, 2.24) is 15.3 Å². The lowest BCUT2D eigenvalue weighted by Crippen LogP contribution is -2.32. The van der Waals surface area contributed by atoms with Crippen LogP contribution < -0.4 is 5.32 Å². The van der Waals surface area contributed by atoms with Gasteiger partial charge in [-0.15, -0.1) is 0 Å². The lowest BCUT2D eigenvalue weighted by Gasteiger charge is -2.09. The second kappa shape index (κ2) is 4.35. The lowest BCUT2D eigenvalue weighted by atomic mass is 10.2. The van der Waals surface area contributed by atoms with Crippen molar-refractivity contribution in [1.29, 1.82) is 0 Å². The van der Waals surface area contributed by atoms with Crippen molar-refractivity contribution in [2.45, 2.75) is 26.3 Å². The van der Waals surface area contributed by atoms with Gasteiger partial charge in [-0.05, 0) is 31.5 Å². The van der Waals surface area contributed by atoms with Crippen LogP contribution in [0.4, 0.5) is 0 Å². The van der Waals surface area contributed by atoms with Crippen LogP contribution in [0.15, 0.2) is 24.4 Å². The second-order valence-electron chi connectivity index (χ2n) is 3.90. The van der Waals surface area contributed by atoms with Crippen molar-refractivity contribution in [3.05, 3.63) is 30.1 Å². The molecule has 0 spiro atoms. The summed E-state index contributed by atoms with van der Waals surface area (Å²) in [6, 6.07) is 5.71. The van der Waals surface area contributed by atoms with Crippen LogP contribution in [0.25, 0.3) is 11.0 Å². The molecule has 2 heterocycles. The number of pyridine rings is 1. The van der Waals surface area contributed by atoms with Gasteiger partial charge < -0.3 is 10.3 Å². The molecule has 1 amide bonds. The summed E-state index contributed by atoms with van der Waals surface area (Å²) in [5.74, 6) is -0.0765. The average molecular weight is 217 g/mol. The fourth-order valence-corrected chi connectivity index (χ4v) is 1.48. The number of carbonyl (C=O) groups excluding carboxylic acids is 1. The molecule has 0 aromatic carbocycles. The monoisotopic (exact) mass is 217 g/mol. The summed E-state index contributed by atoms with van der Waals surface area (Å²) in [5, 5.41) is 2.91. The quantitative estimate of drug-likeness (QED) is 0.827. The number of carbonyl (C=O) groups is 1. The first-order chi connectivity index (χ1) is 7.70. The number of nitrogens with zero attached hydrogens (tertiary/aromatic N) is 1. The SMILES string of the molecule is CCC(C)NC(=O)c1cc2ncccc2[nH]1. The Morgan fingerprint density at radius 2 is 2.44 bits per heavy atom. The van der Waals surface area contributed by atoms with Crippen LogP contribution in [-0.2, 0) is 0 Å². The molecule has 0 saturated heterocycles. The smallest absolute Gasteiger partial charge is 0.267 e. The van der Waals surface area contributed by atoms with Crippen LogP contribution in [0.1, 0.15) is 30.8 Å². The van der Waals surface area contributed by atoms with E-state index in [0.29, 0.717) is 5.69 Å². The molecule has 2 aromatic heterocycles. The Bertz CT molecular complexity index is 471. The van der Waals surface area contributed by atoms with Gasteiger partial charge >= 0.3 is 0 Å². The van der Waals surface area contributed by atoms with Gasteiger partial charge in [0.15, 0.2) is 0 Å². The van der Waals surface area contributed by atoms with E-state index in [-0.39, 0.29) is 11.9 Å². The van der Waals surface area contributed by atoms with Gasteiger partial charge in [-0.2, -0.15) is 0 Å². The van der Waals surface area contributed by atoms with Crippen LogP contribution in [0, 0.1) is 0 Å². The standard InChI is InChI=1S/C12H15N3O/c1-3-8(2)14-12(16)11-7-10-9(15-11)5-4-6-13-10/h4-8,15H,3H2,1-2H3,(H,14,16). The van der Waals surface area contributed by atoms with E-state index in [1.807, 2.05) is 26.0 Å². The van der Waals surface area contributed by atoms with Gasteiger partial charge in [0.2, 0.25) is 0 Å². The Morgan fingerprint density at radius 3 is 3.12 bits per heavy atom. The molecule has 4 nitrogen and oxygen atoms in total. The number of amides is 1. The maximum absolute atomic E-state index is 11.8. The van der Waals surface area contributed by atoms with Gasteiger partial charge in [-0.25, -0.2) is 0 Å². The van der Waals surface area contributed by atoms with E-state index in [1.54, 1.807) is 12.3 Å². The largest absolute Gasteiger partial charge is 0.349 e. The van der Waals surface area contributed by atoms with Gasteiger partial charge in [0.25, 0.3) is 5.91 Å². The van der Waals surface area contributed by atoms with Gasteiger partial charge in [0.05, 0.1) is 11.0 Å². The van der Waals surface area contributed by atoms with Crippen LogP contribution in [0.5, 0.6) is 0 Å². The Hall–Kier alpha value is -1.84. The van der Waals surface area contributed by atoms with Crippen LogP contribution in [0.2, 0.25) is 0 Å². The molecule has 0 aliphatic heterocycles. The fraction of sp³-hybridized carbons (Fsp3) is 0.333. The summed E-state index contributed by atoms with van der Waals surface area (Å²) in [4.78, 5) is 19.0. The van der Waals surface area contributed by atoms with Crippen molar-refractivity contribution in [2.24, 2.45) is 0 Å². The number of rotatable bonds is 3. The predicted octanol–water partition coefficient (Wildman–Crippen LogP) is 2.09. The molecule has 0 fully saturated rings. The number of hydrogen-bond donors (Lipinski definition) is 2. The zero-order chi connectivity index (χ0) is 11.5. The Morgan fingerprint density at radius 1 is 1.62 bits per heavy atom. The maximum Gasteiger partial charge on any atom is 0.267 e. The van der Waals surface area contributed by atoms with E-state index in [4.69, 9.17) is 0 Å². The molecule has 2 aromatic rings. The number of nitrogens with one attached hydrogen (secondary N) is 2.